The van der Waals surface area contributed by atoms with E-state index < -0.39 is 12.0 Å². The molecule has 2 atom stereocenters. The van der Waals surface area contributed by atoms with Crippen LogP contribution in [0.5, 0.6) is 0 Å². The molecule has 0 spiro atoms. The van der Waals surface area contributed by atoms with Crippen molar-refractivity contribution in [1.29, 1.82) is 0 Å². The number of anilines is 2. The van der Waals surface area contributed by atoms with Crippen molar-refractivity contribution in [3.05, 3.63) is 102 Å². The van der Waals surface area contributed by atoms with Crippen molar-refractivity contribution in [3.63, 3.8) is 0 Å². The Morgan fingerprint density at radius 3 is 2.47 bits per heavy atom. The number of thiocarbonyl (C=S) groups is 1. The highest BCUT2D eigenvalue weighted by molar-refractivity contribution is 7.80. The van der Waals surface area contributed by atoms with Gasteiger partial charge >= 0.3 is 5.97 Å². The third-order valence-electron chi connectivity index (χ3n) is 5.91. The highest BCUT2D eigenvalue weighted by Gasteiger charge is 2.42. The van der Waals surface area contributed by atoms with E-state index in [1.54, 1.807) is 48.7 Å². The second-order valence-electron chi connectivity index (χ2n) is 8.28. The molecule has 9 heteroatoms. The Labute approximate surface area is 212 Å². The summed E-state index contributed by atoms with van der Waals surface area (Å²) in [4.78, 5) is 29.7. The lowest BCUT2D eigenvalue weighted by Gasteiger charge is -2.26. The van der Waals surface area contributed by atoms with Crippen LogP contribution >= 0.6 is 12.2 Å². The zero-order valence-electron chi connectivity index (χ0n) is 19.2. The maximum atomic E-state index is 11.8. The van der Waals surface area contributed by atoms with Crippen molar-refractivity contribution in [2.24, 2.45) is 0 Å². The number of carboxylic acid groups (broad SMARTS) is 1. The Kier molecular flexibility index (Phi) is 6.22. The van der Waals surface area contributed by atoms with E-state index in [-0.39, 0.29) is 17.5 Å². The zero-order chi connectivity index (χ0) is 25.2. The average Bonchev–Trinajstić information content (AvgIpc) is 3.49. The molecule has 1 aliphatic rings. The number of nitrogens with one attached hydrogen (secondary N) is 2. The minimum Gasteiger partial charge on any atom is -0.478 e. The molecule has 1 saturated heterocycles. The monoisotopic (exact) mass is 498 g/mol. The molecule has 1 amide bonds. The van der Waals surface area contributed by atoms with Crippen LogP contribution in [0.1, 0.15) is 40.8 Å². The van der Waals surface area contributed by atoms with E-state index in [1.807, 2.05) is 41.3 Å². The van der Waals surface area contributed by atoms with Gasteiger partial charge in [0.15, 0.2) is 5.11 Å². The molecule has 180 valence electrons. The van der Waals surface area contributed by atoms with Gasteiger partial charge < -0.3 is 25.1 Å². The standard InChI is InChI=1S/C27H22N4O4S/c1-16(32)29-17-9-11-18(12-10-17)31-25(24(30-27(31)36)21-8-4-5-15-28-21)23-14-13-22(35-23)19-6-2-3-7-20(19)26(33)34/h2-15,24-25H,1H3,(H,29,32)(H,30,36)(H,33,34)/t24-,25+/m1/s1. The van der Waals surface area contributed by atoms with Gasteiger partial charge in [0.2, 0.25) is 5.91 Å². The van der Waals surface area contributed by atoms with E-state index in [4.69, 9.17) is 16.6 Å². The summed E-state index contributed by atoms with van der Waals surface area (Å²) in [5.74, 6) is -0.140. The first-order chi connectivity index (χ1) is 17.4. The average molecular weight is 499 g/mol. The Morgan fingerprint density at radius 1 is 1.03 bits per heavy atom. The third kappa shape index (κ3) is 4.44. The first-order valence-electron chi connectivity index (χ1n) is 11.2. The van der Waals surface area contributed by atoms with Gasteiger partial charge in [-0.25, -0.2) is 4.79 Å². The number of amides is 1. The van der Waals surface area contributed by atoms with Gasteiger partial charge in [-0.2, -0.15) is 0 Å². The summed E-state index contributed by atoms with van der Waals surface area (Å²) in [7, 11) is 0. The van der Waals surface area contributed by atoms with Crippen LogP contribution < -0.4 is 15.5 Å². The van der Waals surface area contributed by atoms with Crippen molar-refractivity contribution in [1.82, 2.24) is 10.3 Å². The van der Waals surface area contributed by atoms with E-state index in [1.165, 1.54) is 6.92 Å². The predicted octanol–water partition coefficient (Wildman–Crippen LogP) is 5.18. The number of nitrogens with zero attached hydrogens (tertiary/aromatic N) is 2. The van der Waals surface area contributed by atoms with Crippen LogP contribution in [0.3, 0.4) is 0 Å². The molecule has 0 saturated carbocycles. The summed E-state index contributed by atoms with van der Waals surface area (Å²) < 4.78 is 6.28. The first-order valence-corrected chi connectivity index (χ1v) is 11.6. The molecule has 0 unspecified atom stereocenters. The molecule has 0 radical (unpaired) electrons. The van der Waals surface area contributed by atoms with Crippen LogP contribution in [-0.4, -0.2) is 27.1 Å². The van der Waals surface area contributed by atoms with Crippen molar-refractivity contribution < 1.29 is 19.1 Å². The molecular formula is C27H22N4O4S. The molecule has 3 heterocycles. The molecule has 2 aromatic heterocycles. The fourth-order valence-electron chi connectivity index (χ4n) is 4.37. The Bertz CT molecular complexity index is 1440. The largest absolute Gasteiger partial charge is 0.478 e. The van der Waals surface area contributed by atoms with Gasteiger partial charge in [-0.05, 0) is 66.8 Å². The van der Waals surface area contributed by atoms with Gasteiger partial charge in [0.25, 0.3) is 0 Å². The number of rotatable bonds is 6. The number of furan rings is 1. The molecule has 2 aromatic carbocycles. The fraction of sp³-hybridized carbons (Fsp3) is 0.111. The van der Waals surface area contributed by atoms with Gasteiger partial charge in [0.1, 0.15) is 17.6 Å². The van der Waals surface area contributed by atoms with E-state index >= 15 is 0 Å². The number of carboxylic acids is 1. The SMILES string of the molecule is CC(=O)Nc1ccc(N2C(=S)N[C@H](c3ccccn3)[C@@H]2c2ccc(-c3ccccc3C(=O)O)o2)cc1. The number of pyridine rings is 1. The summed E-state index contributed by atoms with van der Waals surface area (Å²) in [6.45, 7) is 1.46. The van der Waals surface area contributed by atoms with E-state index in [9.17, 15) is 14.7 Å². The van der Waals surface area contributed by atoms with E-state index in [2.05, 4.69) is 15.6 Å². The minimum absolute atomic E-state index is 0.154. The maximum Gasteiger partial charge on any atom is 0.336 e. The molecule has 1 fully saturated rings. The van der Waals surface area contributed by atoms with Crippen molar-refractivity contribution in [2.75, 3.05) is 10.2 Å². The predicted molar refractivity (Wildman–Crippen MR) is 140 cm³/mol. The number of carbonyl (C=O) groups excluding carboxylic acids is 1. The van der Waals surface area contributed by atoms with Gasteiger partial charge in [-0.15, -0.1) is 0 Å². The van der Waals surface area contributed by atoms with Gasteiger partial charge in [0, 0.05) is 30.1 Å². The van der Waals surface area contributed by atoms with Crippen molar-refractivity contribution >= 4 is 40.6 Å². The molecule has 3 N–H and O–H groups in total. The number of benzene rings is 2. The first kappa shape index (κ1) is 23.3. The minimum atomic E-state index is -1.03. The van der Waals surface area contributed by atoms with Gasteiger partial charge in [0.05, 0.1) is 17.3 Å². The van der Waals surface area contributed by atoms with Crippen LogP contribution in [0, 0.1) is 0 Å². The molecule has 36 heavy (non-hydrogen) atoms. The molecule has 0 bridgehead atoms. The second kappa shape index (κ2) is 9.63. The smallest absolute Gasteiger partial charge is 0.336 e. The lowest BCUT2D eigenvalue weighted by Crippen LogP contribution is -2.29. The summed E-state index contributed by atoms with van der Waals surface area (Å²) in [6.07, 6.45) is 1.72. The van der Waals surface area contributed by atoms with E-state index in [0.717, 1.165) is 11.4 Å². The Balaban J connectivity index is 1.58. The number of aromatic nitrogens is 1. The zero-order valence-corrected chi connectivity index (χ0v) is 20.0. The summed E-state index contributed by atoms with van der Waals surface area (Å²) in [6, 6.07) is 22.6. The maximum absolute atomic E-state index is 11.8. The molecule has 1 aliphatic heterocycles. The van der Waals surface area contributed by atoms with Crippen LogP contribution in [0.4, 0.5) is 11.4 Å². The number of hydrogen-bond acceptors (Lipinski definition) is 5. The van der Waals surface area contributed by atoms with Crippen LogP contribution in [0.25, 0.3) is 11.3 Å². The molecule has 8 nitrogen and oxygen atoms in total. The Morgan fingerprint density at radius 2 is 1.78 bits per heavy atom. The molecule has 5 rings (SSSR count). The molecule has 0 aliphatic carbocycles. The van der Waals surface area contributed by atoms with E-state index in [0.29, 0.717) is 27.9 Å². The summed E-state index contributed by atoms with van der Waals surface area (Å²) >= 11 is 5.73. The highest BCUT2D eigenvalue weighted by atomic mass is 32.1. The van der Waals surface area contributed by atoms with Crippen LogP contribution in [0.15, 0.2) is 89.5 Å². The van der Waals surface area contributed by atoms with Gasteiger partial charge in [-0.3, -0.25) is 9.78 Å². The fourth-order valence-corrected chi connectivity index (χ4v) is 4.72. The Hall–Kier alpha value is -4.50. The lowest BCUT2D eigenvalue weighted by atomic mass is 10.0. The normalized spacial score (nSPS) is 17.0. The molecular weight excluding hydrogens is 476 g/mol. The summed E-state index contributed by atoms with van der Waals surface area (Å²) in [5.41, 5.74) is 2.91. The van der Waals surface area contributed by atoms with Crippen molar-refractivity contribution in [2.45, 2.75) is 19.0 Å². The van der Waals surface area contributed by atoms with Crippen LogP contribution in [-0.2, 0) is 4.79 Å². The second-order valence-corrected chi connectivity index (χ2v) is 8.66. The topological polar surface area (TPSA) is 108 Å². The quantitative estimate of drug-likeness (QED) is 0.312. The number of hydrogen-bond donors (Lipinski definition) is 3. The van der Waals surface area contributed by atoms with Gasteiger partial charge in [-0.1, -0.05) is 24.3 Å². The highest BCUT2D eigenvalue weighted by Crippen LogP contribution is 2.43. The van der Waals surface area contributed by atoms with Crippen molar-refractivity contribution in [3.8, 4) is 11.3 Å². The number of carbonyl (C=O) groups is 2. The lowest BCUT2D eigenvalue weighted by molar-refractivity contribution is -0.114. The molecule has 4 aromatic rings. The number of aromatic carboxylic acids is 1. The summed E-state index contributed by atoms with van der Waals surface area (Å²) in [5, 5.41) is 16.2. The van der Waals surface area contributed by atoms with Crippen LogP contribution in [0.2, 0.25) is 0 Å². The third-order valence-corrected chi connectivity index (χ3v) is 6.22.